The monoisotopic (exact) mass is 106 g/mol. The average molecular weight is 106 g/mol. The Balaban J connectivity index is 3.82. The zero-order chi connectivity index (χ0) is 5.70. The molecule has 1 radical (unpaired) electrons. The predicted octanol–water partition coefficient (Wildman–Crippen LogP) is -0.330. The highest BCUT2D eigenvalue weighted by molar-refractivity contribution is 6.81. The SMILES string of the molecule is N#C[Si](C#N)C#N. The first-order valence-corrected chi connectivity index (χ1v) is 2.92. The van der Waals surface area contributed by atoms with E-state index in [1.165, 1.54) is 0 Å². The molecule has 0 N–H and O–H groups in total. The van der Waals surface area contributed by atoms with Crippen LogP contribution in [0.5, 0.6) is 0 Å². The molecule has 0 aromatic heterocycles. The summed E-state index contributed by atoms with van der Waals surface area (Å²) in [6.07, 6.45) is 0. The Hall–Kier alpha value is -1.31. The van der Waals surface area contributed by atoms with E-state index in [2.05, 4.69) is 0 Å². The molecule has 0 unspecified atom stereocenters. The molecule has 0 rings (SSSR count). The summed E-state index contributed by atoms with van der Waals surface area (Å²) in [5, 5.41) is 23.6. The van der Waals surface area contributed by atoms with Gasteiger partial charge >= 0.3 is 8.80 Å². The molecule has 0 atom stereocenters. The molecule has 0 aromatic carbocycles. The Morgan fingerprint density at radius 2 is 1.14 bits per heavy atom. The summed E-state index contributed by atoms with van der Waals surface area (Å²) in [6, 6.07) is 0. The molecule has 0 saturated carbocycles. The van der Waals surface area contributed by atoms with Crippen molar-refractivity contribution in [3.05, 3.63) is 0 Å². The maximum atomic E-state index is 7.88. The van der Waals surface area contributed by atoms with Crippen LogP contribution in [0, 0.1) is 32.9 Å². The van der Waals surface area contributed by atoms with Crippen molar-refractivity contribution < 1.29 is 0 Å². The third-order valence-electron chi connectivity index (χ3n) is 0.335. The molecule has 0 heterocycles. The van der Waals surface area contributed by atoms with Crippen LogP contribution in [0.15, 0.2) is 0 Å². The van der Waals surface area contributed by atoms with Crippen LogP contribution in [-0.2, 0) is 0 Å². The first-order chi connectivity index (χ1) is 3.35. The van der Waals surface area contributed by atoms with Gasteiger partial charge in [0.25, 0.3) is 0 Å². The van der Waals surface area contributed by atoms with Gasteiger partial charge in [-0.25, -0.2) is 15.8 Å². The smallest absolute Gasteiger partial charge is 0.204 e. The molecule has 0 amide bonds. The van der Waals surface area contributed by atoms with E-state index in [1.54, 1.807) is 17.1 Å². The van der Waals surface area contributed by atoms with E-state index < -0.39 is 8.80 Å². The highest BCUT2D eigenvalue weighted by Gasteiger charge is 2.05. The molecule has 7 heavy (non-hydrogen) atoms. The summed E-state index contributed by atoms with van der Waals surface area (Å²) in [7, 11) is -1.95. The van der Waals surface area contributed by atoms with Crippen LogP contribution in [0.25, 0.3) is 0 Å². The molecular formula is C3N3Si. The molecule has 0 aliphatic heterocycles. The Bertz CT molecular complexity index is 133. The van der Waals surface area contributed by atoms with Gasteiger partial charge in [0.2, 0.25) is 0 Å². The van der Waals surface area contributed by atoms with Crippen molar-refractivity contribution in [3.8, 4) is 17.1 Å². The molecule has 4 heteroatoms. The Morgan fingerprint density at radius 1 is 0.857 bits per heavy atom. The molecule has 0 aliphatic carbocycles. The van der Waals surface area contributed by atoms with Crippen LogP contribution in [-0.4, -0.2) is 8.80 Å². The quantitative estimate of drug-likeness (QED) is 0.397. The maximum absolute atomic E-state index is 7.88. The average Bonchev–Trinajstić information content (AvgIpc) is 1.72. The van der Waals surface area contributed by atoms with Gasteiger partial charge in [0, 0.05) is 0 Å². The highest BCUT2D eigenvalue weighted by atomic mass is 28.3. The number of hydrogen-bond donors (Lipinski definition) is 0. The van der Waals surface area contributed by atoms with E-state index in [9.17, 15) is 0 Å². The minimum absolute atomic E-state index is 1.58. The van der Waals surface area contributed by atoms with Gasteiger partial charge < -0.3 is 0 Å². The minimum Gasteiger partial charge on any atom is -0.204 e. The third-order valence-corrected chi connectivity index (χ3v) is 1.01. The molecule has 0 spiro atoms. The van der Waals surface area contributed by atoms with E-state index in [0.29, 0.717) is 0 Å². The van der Waals surface area contributed by atoms with E-state index in [-0.39, 0.29) is 0 Å². The lowest BCUT2D eigenvalue weighted by Gasteiger charge is -1.63. The Morgan fingerprint density at radius 3 is 1.14 bits per heavy atom. The standard InChI is InChI=1S/C3N3Si/c4-1-7(2-5)3-6. The fourth-order valence-electron chi connectivity index (χ4n) is 0.0750. The largest absolute Gasteiger partial charge is 0.424 e. The topological polar surface area (TPSA) is 71.4 Å². The minimum atomic E-state index is -1.95. The molecule has 3 nitrogen and oxygen atoms in total. The fraction of sp³-hybridized carbons (Fsp3) is 0. The molecule has 0 saturated heterocycles. The summed E-state index contributed by atoms with van der Waals surface area (Å²) in [5.41, 5.74) is 4.74. The van der Waals surface area contributed by atoms with Crippen molar-refractivity contribution in [2.45, 2.75) is 0 Å². The molecule has 0 bridgehead atoms. The van der Waals surface area contributed by atoms with Crippen molar-refractivity contribution in [1.82, 2.24) is 0 Å². The van der Waals surface area contributed by atoms with Gasteiger partial charge in [-0.15, -0.1) is 0 Å². The van der Waals surface area contributed by atoms with Crippen molar-refractivity contribution in [1.29, 1.82) is 15.8 Å². The normalized spacial score (nSPS) is 6.00. The van der Waals surface area contributed by atoms with Crippen molar-refractivity contribution in [2.24, 2.45) is 0 Å². The van der Waals surface area contributed by atoms with Crippen LogP contribution < -0.4 is 0 Å². The predicted molar refractivity (Wildman–Crippen MR) is 22.6 cm³/mol. The van der Waals surface area contributed by atoms with Crippen LogP contribution in [0.3, 0.4) is 0 Å². The summed E-state index contributed by atoms with van der Waals surface area (Å²) < 4.78 is 0. The van der Waals surface area contributed by atoms with Gasteiger partial charge in [-0.2, -0.15) is 0 Å². The third kappa shape index (κ3) is 1.54. The van der Waals surface area contributed by atoms with Gasteiger partial charge in [0.05, 0.1) is 17.1 Å². The van der Waals surface area contributed by atoms with Crippen LogP contribution >= 0.6 is 0 Å². The summed E-state index contributed by atoms with van der Waals surface area (Å²) in [6.45, 7) is 0. The van der Waals surface area contributed by atoms with Crippen molar-refractivity contribution >= 4 is 8.80 Å². The van der Waals surface area contributed by atoms with E-state index in [0.717, 1.165) is 0 Å². The summed E-state index contributed by atoms with van der Waals surface area (Å²) in [4.78, 5) is 0. The molecule has 0 aliphatic rings. The van der Waals surface area contributed by atoms with Crippen LogP contribution in [0.1, 0.15) is 0 Å². The molecule has 0 aromatic rings. The van der Waals surface area contributed by atoms with Crippen LogP contribution in [0.2, 0.25) is 0 Å². The number of rotatable bonds is 0. The van der Waals surface area contributed by atoms with Gasteiger partial charge in [-0.05, 0) is 0 Å². The molecule has 31 valence electrons. The van der Waals surface area contributed by atoms with Crippen molar-refractivity contribution in [3.63, 3.8) is 0 Å². The molecule has 0 fully saturated rings. The highest BCUT2D eigenvalue weighted by Crippen LogP contribution is 1.67. The lowest BCUT2D eigenvalue weighted by Crippen LogP contribution is -2.01. The Kier molecular flexibility index (Phi) is 2.36. The van der Waals surface area contributed by atoms with E-state index >= 15 is 0 Å². The van der Waals surface area contributed by atoms with Gasteiger partial charge in [-0.3, -0.25) is 0 Å². The second-order valence-electron chi connectivity index (χ2n) is 0.710. The first-order valence-electron chi connectivity index (χ1n) is 1.42. The van der Waals surface area contributed by atoms with Gasteiger partial charge in [-0.1, -0.05) is 0 Å². The molecular weight excluding hydrogens is 106 g/mol. The van der Waals surface area contributed by atoms with E-state index in [1.807, 2.05) is 0 Å². The first kappa shape index (κ1) is 5.69. The lowest BCUT2D eigenvalue weighted by molar-refractivity contribution is 1.52. The van der Waals surface area contributed by atoms with Crippen LogP contribution in [0.4, 0.5) is 0 Å². The Labute approximate surface area is 42.6 Å². The van der Waals surface area contributed by atoms with Gasteiger partial charge in [0.15, 0.2) is 0 Å². The van der Waals surface area contributed by atoms with Gasteiger partial charge in [0.1, 0.15) is 0 Å². The number of nitriles is 3. The zero-order valence-electron chi connectivity index (χ0n) is 3.34. The number of hydrogen-bond acceptors (Lipinski definition) is 3. The number of nitrogens with zero attached hydrogens (tertiary/aromatic N) is 3. The lowest BCUT2D eigenvalue weighted by atomic mass is 11.7. The zero-order valence-corrected chi connectivity index (χ0v) is 4.34. The second-order valence-corrected chi connectivity index (χ2v) is 2.13. The van der Waals surface area contributed by atoms with Crippen molar-refractivity contribution in [2.75, 3.05) is 0 Å². The van der Waals surface area contributed by atoms with E-state index in [4.69, 9.17) is 15.8 Å². The maximum Gasteiger partial charge on any atom is 0.424 e. The summed E-state index contributed by atoms with van der Waals surface area (Å²) in [5.74, 6) is 0. The second kappa shape index (κ2) is 2.90. The fourth-order valence-corrected chi connectivity index (χ4v) is 0.225. The summed E-state index contributed by atoms with van der Waals surface area (Å²) >= 11 is 0.